The summed E-state index contributed by atoms with van der Waals surface area (Å²) in [5, 5.41) is 0.658. The van der Waals surface area contributed by atoms with Gasteiger partial charge in [0, 0.05) is 16.8 Å². The van der Waals surface area contributed by atoms with Gasteiger partial charge in [-0.2, -0.15) is 0 Å². The van der Waals surface area contributed by atoms with Crippen molar-refractivity contribution in [3.63, 3.8) is 0 Å². The number of nitrogen functional groups attached to an aromatic ring is 1. The maximum absolute atomic E-state index is 5.92. The van der Waals surface area contributed by atoms with Gasteiger partial charge in [0.15, 0.2) is 0 Å². The van der Waals surface area contributed by atoms with Crippen LogP contribution in [0.4, 0.5) is 5.69 Å². The van der Waals surface area contributed by atoms with E-state index in [1.165, 1.54) is 12.8 Å². The van der Waals surface area contributed by atoms with Crippen molar-refractivity contribution >= 4 is 17.3 Å². The van der Waals surface area contributed by atoms with Crippen molar-refractivity contribution in [2.75, 3.05) is 5.73 Å². The van der Waals surface area contributed by atoms with Crippen LogP contribution < -0.4 is 17.0 Å². The van der Waals surface area contributed by atoms with E-state index in [1.54, 1.807) is 6.07 Å². The molecule has 0 aliphatic heterocycles. The molecule has 1 rings (SSSR count). The Hall–Kier alpha value is -0.770. The van der Waals surface area contributed by atoms with E-state index in [4.69, 9.17) is 23.2 Å². The Labute approximate surface area is 102 Å². The Morgan fingerprint density at radius 3 is 2.69 bits per heavy atom. The molecule has 1 aromatic carbocycles. The monoisotopic (exact) mass is 241 g/mol. The van der Waals surface area contributed by atoms with Gasteiger partial charge in [0.25, 0.3) is 0 Å². The first-order valence-corrected chi connectivity index (χ1v) is 6.08. The van der Waals surface area contributed by atoms with Crippen molar-refractivity contribution < 1.29 is 0 Å². The molecular formula is C12H20ClN3. The number of hydrogen-bond donors (Lipinski definition) is 3. The molecule has 4 heteroatoms. The summed E-state index contributed by atoms with van der Waals surface area (Å²) in [6.45, 7) is 2.18. The van der Waals surface area contributed by atoms with Gasteiger partial charge in [0.1, 0.15) is 0 Å². The molecule has 0 saturated heterocycles. The number of unbranched alkanes of at least 4 members (excludes halogenated alkanes) is 2. The highest BCUT2D eigenvalue weighted by atomic mass is 35.5. The lowest BCUT2D eigenvalue weighted by molar-refractivity contribution is 0.488. The number of hydrogen-bond acceptors (Lipinski definition) is 3. The first kappa shape index (κ1) is 13.3. The third kappa shape index (κ3) is 3.67. The summed E-state index contributed by atoms with van der Waals surface area (Å²) in [6, 6.07) is 5.66. The summed E-state index contributed by atoms with van der Waals surface area (Å²) in [5.41, 5.74) is 10.5. The molecule has 0 aromatic heterocycles. The van der Waals surface area contributed by atoms with E-state index in [2.05, 4.69) is 12.3 Å². The number of anilines is 1. The maximum atomic E-state index is 5.92. The molecule has 0 aliphatic carbocycles. The molecule has 0 aliphatic rings. The minimum Gasteiger partial charge on any atom is -0.398 e. The first-order chi connectivity index (χ1) is 7.69. The molecule has 1 aromatic rings. The molecule has 3 nitrogen and oxygen atoms in total. The van der Waals surface area contributed by atoms with Gasteiger partial charge in [-0.1, -0.05) is 43.9 Å². The molecule has 90 valence electrons. The molecule has 1 atom stereocenters. The normalized spacial score (nSPS) is 12.7. The van der Waals surface area contributed by atoms with Gasteiger partial charge in [-0.3, -0.25) is 11.3 Å². The summed E-state index contributed by atoms with van der Waals surface area (Å²) in [5.74, 6) is 5.56. The first-order valence-electron chi connectivity index (χ1n) is 5.70. The second-order valence-electron chi connectivity index (χ2n) is 3.99. The average molecular weight is 242 g/mol. The minimum absolute atomic E-state index is 0.115. The molecule has 0 radical (unpaired) electrons. The minimum atomic E-state index is 0.115. The lowest BCUT2D eigenvalue weighted by atomic mass is 9.99. The Morgan fingerprint density at radius 2 is 2.12 bits per heavy atom. The van der Waals surface area contributed by atoms with Crippen LogP contribution in [-0.4, -0.2) is 0 Å². The fourth-order valence-electron chi connectivity index (χ4n) is 1.79. The van der Waals surface area contributed by atoms with Crippen LogP contribution in [0.15, 0.2) is 18.2 Å². The fraction of sp³-hybridized carbons (Fsp3) is 0.500. The smallest absolute Gasteiger partial charge is 0.0480 e. The quantitative estimate of drug-likeness (QED) is 0.311. The van der Waals surface area contributed by atoms with Gasteiger partial charge in [0.05, 0.1) is 0 Å². The lowest BCUT2D eigenvalue weighted by Gasteiger charge is -2.18. The predicted molar refractivity (Wildman–Crippen MR) is 70.1 cm³/mol. The van der Waals surface area contributed by atoms with E-state index < -0.39 is 0 Å². The van der Waals surface area contributed by atoms with E-state index in [9.17, 15) is 0 Å². The zero-order valence-electron chi connectivity index (χ0n) is 9.67. The second-order valence-corrected chi connectivity index (χ2v) is 4.42. The van der Waals surface area contributed by atoms with Gasteiger partial charge in [0.2, 0.25) is 0 Å². The number of nitrogens with one attached hydrogen (secondary N) is 1. The van der Waals surface area contributed by atoms with Crippen molar-refractivity contribution in [3.8, 4) is 0 Å². The molecule has 0 fully saturated rings. The summed E-state index contributed by atoms with van der Waals surface area (Å²) >= 11 is 5.86. The van der Waals surface area contributed by atoms with Crippen LogP contribution in [0, 0.1) is 0 Å². The third-order valence-electron chi connectivity index (χ3n) is 2.72. The number of halogens is 1. The number of hydrazine groups is 1. The number of nitrogens with two attached hydrogens (primary N) is 2. The SMILES string of the molecule is CCCCCC(NN)c1ccc(Cl)cc1N. The molecule has 0 saturated carbocycles. The molecule has 16 heavy (non-hydrogen) atoms. The van der Waals surface area contributed by atoms with Crippen molar-refractivity contribution in [2.24, 2.45) is 5.84 Å². The molecule has 0 bridgehead atoms. The van der Waals surface area contributed by atoms with Crippen molar-refractivity contribution in [3.05, 3.63) is 28.8 Å². The third-order valence-corrected chi connectivity index (χ3v) is 2.96. The summed E-state index contributed by atoms with van der Waals surface area (Å²) < 4.78 is 0. The number of rotatable bonds is 6. The van der Waals surface area contributed by atoms with Crippen LogP contribution in [0.1, 0.15) is 44.2 Å². The molecular weight excluding hydrogens is 222 g/mol. The Bertz CT molecular complexity index is 328. The van der Waals surface area contributed by atoms with Gasteiger partial charge < -0.3 is 5.73 Å². The van der Waals surface area contributed by atoms with Crippen LogP contribution in [-0.2, 0) is 0 Å². The molecule has 5 N–H and O–H groups in total. The summed E-state index contributed by atoms with van der Waals surface area (Å²) in [7, 11) is 0. The Morgan fingerprint density at radius 1 is 1.38 bits per heavy atom. The van der Waals surface area contributed by atoms with E-state index in [0.717, 1.165) is 18.4 Å². The lowest BCUT2D eigenvalue weighted by Crippen LogP contribution is -2.28. The zero-order chi connectivity index (χ0) is 12.0. The van der Waals surface area contributed by atoms with Crippen LogP contribution in [0.25, 0.3) is 0 Å². The molecule has 0 spiro atoms. The van der Waals surface area contributed by atoms with E-state index >= 15 is 0 Å². The topological polar surface area (TPSA) is 64.1 Å². The predicted octanol–water partition coefficient (Wildman–Crippen LogP) is 3.01. The standard InChI is InChI=1S/C12H20ClN3/c1-2-3-4-5-12(16-15)10-7-6-9(13)8-11(10)14/h6-8,12,16H,2-5,14-15H2,1H3. The largest absolute Gasteiger partial charge is 0.398 e. The molecule has 1 unspecified atom stereocenters. The van der Waals surface area contributed by atoms with E-state index in [1.807, 2.05) is 12.1 Å². The molecule has 0 amide bonds. The average Bonchev–Trinajstić information content (AvgIpc) is 2.26. The summed E-state index contributed by atoms with van der Waals surface area (Å²) in [6.07, 6.45) is 4.56. The highest BCUT2D eigenvalue weighted by Gasteiger charge is 2.12. The van der Waals surface area contributed by atoms with Gasteiger partial charge in [-0.15, -0.1) is 0 Å². The maximum Gasteiger partial charge on any atom is 0.0480 e. The summed E-state index contributed by atoms with van der Waals surface area (Å²) in [4.78, 5) is 0. The second kappa shape index (κ2) is 6.74. The van der Waals surface area contributed by atoms with Crippen LogP contribution in [0.5, 0.6) is 0 Å². The van der Waals surface area contributed by atoms with Gasteiger partial charge in [-0.25, -0.2) is 0 Å². The van der Waals surface area contributed by atoms with E-state index in [-0.39, 0.29) is 6.04 Å². The van der Waals surface area contributed by atoms with Gasteiger partial charge >= 0.3 is 0 Å². The Kier molecular flexibility index (Phi) is 5.60. The highest BCUT2D eigenvalue weighted by molar-refractivity contribution is 6.30. The van der Waals surface area contributed by atoms with Crippen LogP contribution in [0.2, 0.25) is 5.02 Å². The van der Waals surface area contributed by atoms with Crippen molar-refractivity contribution in [2.45, 2.75) is 38.6 Å². The molecule has 0 heterocycles. The van der Waals surface area contributed by atoms with Crippen LogP contribution in [0.3, 0.4) is 0 Å². The van der Waals surface area contributed by atoms with Gasteiger partial charge in [-0.05, 0) is 24.1 Å². The van der Waals surface area contributed by atoms with Crippen LogP contribution >= 0.6 is 11.6 Å². The van der Waals surface area contributed by atoms with Crippen molar-refractivity contribution in [1.82, 2.24) is 5.43 Å². The van der Waals surface area contributed by atoms with E-state index in [0.29, 0.717) is 10.7 Å². The highest BCUT2D eigenvalue weighted by Crippen LogP contribution is 2.26. The van der Waals surface area contributed by atoms with Crippen molar-refractivity contribution in [1.29, 1.82) is 0 Å². The fourth-order valence-corrected chi connectivity index (χ4v) is 1.97. The zero-order valence-corrected chi connectivity index (χ0v) is 10.4. The Balaban J connectivity index is 2.70. The number of benzene rings is 1.